The summed E-state index contributed by atoms with van der Waals surface area (Å²) < 4.78 is 0. The number of thiazole rings is 1. The van der Waals surface area contributed by atoms with Crippen LogP contribution in [-0.2, 0) is 11.3 Å². The minimum absolute atomic E-state index is 0.277. The van der Waals surface area contributed by atoms with Crippen molar-refractivity contribution in [3.63, 3.8) is 0 Å². The molecule has 0 aliphatic carbocycles. The minimum atomic E-state index is -0.335. The molecule has 1 amide bonds. The van der Waals surface area contributed by atoms with Gasteiger partial charge in [-0.15, -0.1) is 11.3 Å². The van der Waals surface area contributed by atoms with E-state index in [1.54, 1.807) is 11.3 Å². The zero-order valence-electron chi connectivity index (χ0n) is 14.2. The second-order valence-electron chi connectivity index (χ2n) is 6.28. The summed E-state index contributed by atoms with van der Waals surface area (Å²) in [5.74, 6) is -0.277. The monoisotopic (exact) mass is 344 g/mol. The van der Waals surface area contributed by atoms with Crippen molar-refractivity contribution in [3.8, 4) is 0 Å². The molecule has 1 aromatic heterocycles. The van der Waals surface area contributed by atoms with Gasteiger partial charge in [0.2, 0.25) is 5.91 Å². The van der Waals surface area contributed by atoms with Crippen molar-refractivity contribution >= 4 is 17.2 Å². The average Bonchev–Trinajstić information content (AvgIpc) is 2.88. The van der Waals surface area contributed by atoms with Gasteiger partial charge in [0.05, 0.1) is 12.2 Å². The largest absolute Gasteiger partial charge is 0.368 e. The van der Waals surface area contributed by atoms with Gasteiger partial charge in [-0.1, -0.05) is 30.3 Å². The van der Waals surface area contributed by atoms with Crippen molar-refractivity contribution in [2.75, 3.05) is 26.2 Å². The Hall–Kier alpha value is -1.76. The summed E-state index contributed by atoms with van der Waals surface area (Å²) in [6.07, 6.45) is 0. The maximum Gasteiger partial charge on any atom is 0.239 e. The molecule has 2 N–H and O–H groups in total. The van der Waals surface area contributed by atoms with Gasteiger partial charge in [-0.05, 0) is 19.4 Å². The van der Waals surface area contributed by atoms with Gasteiger partial charge >= 0.3 is 0 Å². The summed E-state index contributed by atoms with van der Waals surface area (Å²) >= 11 is 1.78. The molecular weight excluding hydrogens is 320 g/mol. The van der Waals surface area contributed by atoms with Crippen LogP contribution in [0.3, 0.4) is 0 Å². The Kier molecular flexibility index (Phi) is 5.28. The number of aromatic nitrogens is 1. The highest BCUT2D eigenvalue weighted by atomic mass is 32.1. The lowest BCUT2D eigenvalue weighted by Crippen LogP contribution is -2.49. The van der Waals surface area contributed by atoms with Crippen LogP contribution in [0.1, 0.15) is 27.2 Å². The lowest BCUT2D eigenvalue weighted by molar-refractivity contribution is -0.124. The van der Waals surface area contributed by atoms with Crippen LogP contribution in [0.2, 0.25) is 0 Å². The Morgan fingerprint density at radius 2 is 1.88 bits per heavy atom. The van der Waals surface area contributed by atoms with Crippen LogP contribution in [-0.4, -0.2) is 46.9 Å². The first-order chi connectivity index (χ1) is 11.5. The Labute approximate surface area is 147 Å². The van der Waals surface area contributed by atoms with Crippen LogP contribution in [0.15, 0.2) is 30.3 Å². The van der Waals surface area contributed by atoms with Gasteiger partial charge in [0.25, 0.3) is 0 Å². The zero-order chi connectivity index (χ0) is 17.1. The number of hydrogen-bond acceptors (Lipinski definition) is 5. The van der Waals surface area contributed by atoms with Crippen LogP contribution in [0, 0.1) is 13.8 Å². The maximum atomic E-state index is 12.0. The fourth-order valence-corrected chi connectivity index (χ4v) is 4.14. The molecule has 24 heavy (non-hydrogen) atoms. The van der Waals surface area contributed by atoms with E-state index in [2.05, 4.69) is 28.6 Å². The molecule has 1 aliphatic heterocycles. The number of primary amides is 1. The standard InChI is InChI=1S/C18H24N4OS/c1-13-14(2)24-16(20-13)12-21-8-10-22(11-9-21)17(18(19)23)15-6-4-3-5-7-15/h3-7,17H,8-12H2,1-2H3,(H2,19,23). The number of benzene rings is 1. The third kappa shape index (κ3) is 3.83. The smallest absolute Gasteiger partial charge is 0.239 e. The fourth-order valence-electron chi connectivity index (χ4n) is 3.17. The minimum Gasteiger partial charge on any atom is -0.368 e. The number of carbonyl (C=O) groups excluding carboxylic acids is 1. The number of nitrogens with two attached hydrogens (primary N) is 1. The number of amides is 1. The van der Waals surface area contributed by atoms with Crippen LogP contribution in [0.4, 0.5) is 0 Å². The SMILES string of the molecule is Cc1nc(CN2CCN(C(C(N)=O)c3ccccc3)CC2)sc1C. The molecule has 1 aromatic carbocycles. The van der Waals surface area contributed by atoms with Gasteiger partial charge in [0.1, 0.15) is 11.0 Å². The quantitative estimate of drug-likeness (QED) is 0.902. The second kappa shape index (κ2) is 7.42. The van der Waals surface area contributed by atoms with Crippen LogP contribution < -0.4 is 5.73 Å². The number of aryl methyl sites for hydroxylation is 2. The van der Waals surface area contributed by atoms with E-state index in [1.807, 2.05) is 30.3 Å². The molecule has 0 bridgehead atoms. The first-order valence-electron chi connectivity index (χ1n) is 8.28. The second-order valence-corrected chi connectivity index (χ2v) is 7.56. The molecule has 2 heterocycles. The molecular formula is C18H24N4OS. The average molecular weight is 344 g/mol. The summed E-state index contributed by atoms with van der Waals surface area (Å²) in [5.41, 5.74) is 7.78. The molecule has 128 valence electrons. The van der Waals surface area contributed by atoms with Gasteiger partial charge in [0.15, 0.2) is 0 Å². The summed E-state index contributed by atoms with van der Waals surface area (Å²) in [7, 11) is 0. The molecule has 1 aliphatic rings. The topological polar surface area (TPSA) is 62.5 Å². The molecule has 0 spiro atoms. The fraction of sp³-hybridized carbons (Fsp3) is 0.444. The Morgan fingerprint density at radius 3 is 2.42 bits per heavy atom. The molecule has 3 rings (SSSR count). The van der Waals surface area contributed by atoms with E-state index in [4.69, 9.17) is 5.73 Å². The van der Waals surface area contributed by atoms with E-state index in [9.17, 15) is 4.79 Å². The van der Waals surface area contributed by atoms with E-state index in [0.29, 0.717) is 0 Å². The number of hydrogen-bond donors (Lipinski definition) is 1. The zero-order valence-corrected chi connectivity index (χ0v) is 15.1. The normalized spacial score (nSPS) is 17.8. The lowest BCUT2D eigenvalue weighted by Gasteiger charge is -2.38. The van der Waals surface area contributed by atoms with Gasteiger partial charge in [-0.2, -0.15) is 0 Å². The Morgan fingerprint density at radius 1 is 1.21 bits per heavy atom. The molecule has 2 aromatic rings. The predicted molar refractivity (Wildman–Crippen MR) is 96.8 cm³/mol. The molecule has 1 atom stereocenters. The number of piperazine rings is 1. The van der Waals surface area contributed by atoms with Crippen LogP contribution in [0.5, 0.6) is 0 Å². The van der Waals surface area contributed by atoms with Gasteiger partial charge in [-0.3, -0.25) is 14.6 Å². The molecule has 0 radical (unpaired) electrons. The number of carbonyl (C=O) groups is 1. The van der Waals surface area contributed by atoms with Crippen molar-refractivity contribution < 1.29 is 4.79 Å². The van der Waals surface area contributed by atoms with Crippen molar-refractivity contribution in [2.45, 2.75) is 26.4 Å². The lowest BCUT2D eigenvalue weighted by atomic mass is 10.0. The summed E-state index contributed by atoms with van der Waals surface area (Å²) in [6.45, 7) is 8.59. The van der Waals surface area contributed by atoms with E-state index in [1.165, 1.54) is 9.88 Å². The van der Waals surface area contributed by atoms with E-state index in [0.717, 1.165) is 44.0 Å². The van der Waals surface area contributed by atoms with Crippen molar-refractivity contribution in [3.05, 3.63) is 51.5 Å². The van der Waals surface area contributed by atoms with E-state index < -0.39 is 0 Å². The Balaban J connectivity index is 1.62. The van der Waals surface area contributed by atoms with Crippen molar-refractivity contribution in [1.82, 2.24) is 14.8 Å². The molecule has 1 saturated heterocycles. The summed E-state index contributed by atoms with van der Waals surface area (Å²) in [4.78, 5) is 22.5. The number of rotatable bonds is 5. The highest BCUT2D eigenvalue weighted by Gasteiger charge is 2.29. The van der Waals surface area contributed by atoms with Crippen molar-refractivity contribution in [1.29, 1.82) is 0 Å². The maximum absolute atomic E-state index is 12.0. The molecule has 0 saturated carbocycles. The highest BCUT2D eigenvalue weighted by molar-refractivity contribution is 7.11. The van der Waals surface area contributed by atoms with E-state index >= 15 is 0 Å². The van der Waals surface area contributed by atoms with Crippen LogP contribution in [0.25, 0.3) is 0 Å². The molecule has 1 unspecified atom stereocenters. The van der Waals surface area contributed by atoms with Crippen LogP contribution >= 0.6 is 11.3 Å². The number of nitrogens with zero attached hydrogens (tertiary/aromatic N) is 3. The van der Waals surface area contributed by atoms with E-state index in [-0.39, 0.29) is 11.9 Å². The molecule has 5 nitrogen and oxygen atoms in total. The molecule has 6 heteroatoms. The predicted octanol–water partition coefficient (Wildman–Crippen LogP) is 2.10. The van der Waals surface area contributed by atoms with Gasteiger partial charge < -0.3 is 5.73 Å². The Bertz CT molecular complexity index is 673. The summed E-state index contributed by atoms with van der Waals surface area (Å²) in [5, 5.41) is 1.17. The van der Waals surface area contributed by atoms with Crippen molar-refractivity contribution in [2.24, 2.45) is 5.73 Å². The molecule has 1 fully saturated rings. The van der Waals surface area contributed by atoms with Gasteiger partial charge in [0, 0.05) is 31.1 Å². The first kappa shape index (κ1) is 17.1. The third-order valence-corrected chi connectivity index (χ3v) is 5.65. The highest BCUT2D eigenvalue weighted by Crippen LogP contribution is 2.23. The summed E-state index contributed by atoms with van der Waals surface area (Å²) in [6, 6.07) is 9.48. The van der Waals surface area contributed by atoms with Gasteiger partial charge in [-0.25, -0.2) is 4.98 Å². The third-order valence-electron chi connectivity index (χ3n) is 4.59. The first-order valence-corrected chi connectivity index (χ1v) is 9.10.